The van der Waals surface area contributed by atoms with Crippen molar-refractivity contribution in [3.63, 3.8) is 0 Å². The minimum Gasteiger partial charge on any atom is -0.423 e. The van der Waals surface area contributed by atoms with E-state index in [0.29, 0.717) is 5.46 Å². The Kier molecular flexibility index (Phi) is 6.15. The molecule has 2 N–H and O–H groups in total. The van der Waals surface area contributed by atoms with Gasteiger partial charge in [0.05, 0.1) is 0 Å². The van der Waals surface area contributed by atoms with E-state index in [1.54, 1.807) is 0 Å². The molecule has 0 aliphatic heterocycles. The van der Waals surface area contributed by atoms with Gasteiger partial charge in [0.2, 0.25) is 0 Å². The molecule has 0 bridgehead atoms. The molecule has 0 amide bonds. The largest absolute Gasteiger partial charge is 0.488 e. The molecule has 116 valence electrons. The molecule has 0 aliphatic rings. The van der Waals surface area contributed by atoms with Gasteiger partial charge in [-0.05, 0) is 33.8 Å². The van der Waals surface area contributed by atoms with Crippen LogP contribution in [0.3, 0.4) is 0 Å². The predicted octanol–water partition coefficient (Wildman–Crippen LogP) is 3.73. The van der Waals surface area contributed by atoms with Crippen molar-refractivity contribution in [3.05, 3.63) is 78.9 Å². The van der Waals surface area contributed by atoms with E-state index in [1.165, 1.54) is 0 Å². The molecule has 0 spiro atoms. The van der Waals surface area contributed by atoms with Crippen molar-refractivity contribution >= 4 is 12.6 Å². The zero-order valence-electron chi connectivity index (χ0n) is 13.5. The smallest absolute Gasteiger partial charge is 0.423 e. The molecule has 3 heteroatoms. The fourth-order valence-corrected chi connectivity index (χ4v) is 2.40. The normalized spacial score (nSPS) is 9.74. The summed E-state index contributed by atoms with van der Waals surface area (Å²) in [5.41, 5.74) is 4.55. The maximum absolute atomic E-state index is 9.52. The van der Waals surface area contributed by atoms with Crippen molar-refractivity contribution in [1.82, 2.24) is 0 Å². The SMILES string of the molecule is CC.OB(O)c1cc(-c2ccccc2)cc(-c2ccccc2)c1. The lowest BCUT2D eigenvalue weighted by Crippen LogP contribution is -2.29. The molecule has 2 nitrogen and oxygen atoms in total. The van der Waals surface area contributed by atoms with Gasteiger partial charge in [-0.15, -0.1) is 0 Å². The number of rotatable bonds is 3. The van der Waals surface area contributed by atoms with Crippen LogP contribution in [0.5, 0.6) is 0 Å². The van der Waals surface area contributed by atoms with E-state index in [-0.39, 0.29) is 0 Å². The molecule has 0 atom stereocenters. The van der Waals surface area contributed by atoms with Crippen LogP contribution < -0.4 is 5.46 Å². The van der Waals surface area contributed by atoms with Crippen LogP contribution in [-0.2, 0) is 0 Å². The van der Waals surface area contributed by atoms with Gasteiger partial charge in [0.15, 0.2) is 0 Å². The Morgan fingerprint density at radius 3 is 1.30 bits per heavy atom. The first kappa shape index (κ1) is 17.0. The highest BCUT2D eigenvalue weighted by molar-refractivity contribution is 6.58. The van der Waals surface area contributed by atoms with Gasteiger partial charge in [-0.25, -0.2) is 0 Å². The Balaban J connectivity index is 0.000000924. The molecule has 0 aromatic heterocycles. The summed E-state index contributed by atoms with van der Waals surface area (Å²) in [6.07, 6.45) is 0. The number of hydrogen-bond acceptors (Lipinski definition) is 2. The fourth-order valence-electron chi connectivity index (χ4n) is 2.40. The maximum Gasteiger partial charge on any atom is 0.488 e. The Morgan fingerprint density at radius 1 is 0.565 bits per heavy atom. The van der Waals surface area contributed by atoms with Crippen LogP contribution in [0.1, 0.15) is 13.8 Å². The van der Waals surface area contributed by atoms with Crippen molar-refractivity contribution in [1.29, 1.82) is 0 Å². The zero-order chi connectivity index (χ0) is 16.7. The van der Waals surface area contributed by atoms with E-state index in [9.17, 15) is 10.0 Å². The summed E-state index contributed by atoms with van der Waals surface area (Å²) < 4.78 is 0. The van der Waals surface area contributed by atoms with Crippen LogP contribution in [0.4, 0.5) is 0 Å². The summed E-state index contributed by atoms with van der Waals surface area (Å²) in [4.78, 5) is 0. The average Bonchev–Trinajstić information content (AvgIpc) is 2.64. The van der Waals surface area contributed by atoms with Gasteiger partial charge in [0.1, 0.15) is 0 Å². The third-order valence-corrected chi connectivity index (χ3v) is 3.47. The predicted molar refractivity (Wildman–Crippen MR) is 98.5 cm³/mol. The van der Waals surface area contributed by atoms with E-state index in [4.69, 9.17) is 0 Å². The van der Waals surface area contributed by atoms with Crippen LogP contribution in [-0.4, -0.2) is 17.2 Å². The number of hydrogen-bond donors (Lipinski definition) is 2. The first-order chi connectivity index (χ1) is 11.2. The Labute approximate surface area is 138 Å². The minimum atomic E-state index is -1.48. The van der Waals surface area contributed by atoms with Crippen molar-refractivity contribution in [2.75, 3.05) is 0 Å². The molecule has 0 aliphatic carbocycles. The average molecular weight is 304 g/mol. The maximum atomic E-state index is 9.52. The third kappa shape index (κ3) is 4.32. The van der Waals surface area contributed by atoms with E-state index in [1.807, 2.05) is 86.6 Å². The topological polar surface area (TPSA) is 40.5 Å². The highest BCUT2D eigenvalue weighted by Gasteiger charge is 2.14. The van der Waals surface area contributed by atoms with Crippen LogP contribution >= 0.6 is 0 Å². The van der Waals surface area contributed by atoms with Gasteiger partial charge < -0.3 is 10.0 Å². The lowest BCUT2D eigenvalue weighted by molar-refractivity contribution is 0.426. The molecule has 0 unspecified atom stereocenters. The fraction of sp³-hybridized carbons (Fsp3) is 0.100. The van der Waals surface area contributed by atoms with E-state index < -0.39 is 7.12 Å². The highest BCUT2D eigenvalue weighted by Crippen LogP contribution is 2.25. The molecule has 0 heterocycles. The van der Waals surface area contributed by atoms with E-state index >= 15 is 0 Å². The molecule has 0 saturated carbocycles. The molecule has 0 saturated heterocycles. The quantitative estimate of drug-likeness (QED) is 0.724. The molecule has 0 fully saturated rings. The second-order valence-electron chi connectivity index (χ2n) is 4.95. The van der Waals surface area contributed by atoms with Gasteiger partial charge in [-0.1, -0.05) is 86.6 Å². The molecular weight excluding hydrogens is 283 g/mol. The van der Waals surface area contributed by atoms with Gasteiger partial charge in [-0.2, -0.15) is 0 Å². The van der Waals surface area contributed by atoms with Gasteiger partial charge >= 0.3 is 7.12 Å². The second-order valence-corrected chi connectivity index (χ2v) is 4.95. The van der Waals surface area contributed by atoms with Crippen molar-refractivity contribution in [2.24, 2.45) is 0 Å². The minimum absolute atomic E-state index is 0.496. The highest BCUT2D eigenvalue weighted by atomic mass is 16.4. The van der Waals surface area contributed by atoms with E-state index in [2.05, 4.69) is 6.07 Å². The van der Waals surface area contributed by atoms with Crippen molar-refractivity contribution < 1.29 is 10.0 Å². The van der Waals surface area contributed by atoms with Crippen LogP contribution in [0.25, 0.3) is 22.3 Å². The second kappa shape index (κ2) is 8.32. The summed E-state index contributed by atoms with van der Waals surface area (Å²) in [7, 11) is -1.48. The Bertz CT molecular complexity index is 667. The molecule has 23 heavy (non-hydrogen) atoms. The first-order valence-electron chi connectivity index (χ1n) is 7.86. The summed E-state index contributed by atoms with van der Waals surface area (Å²) in [5, 5.41) is 19.0. The molecule has 3 rings (SSSR count). The van der Waals surface area contributed by atoms with Crippen LogP contribution in [0.15, 0.2) is 78.9 Å². The van der Waals surface area contributed by atoms with Crippen LogP contribution in [0.2, 0.25) is 0 Å². The van der Waals surface area contributed by atoms with Gasteiger partial charge in [0.25, 0.3) is 0 Å². The molecule has 0 radical (unpaired) electrons. The molecule has 3 aromatic rings. The summed E-state index contributed by atoms with van der Waals surface area (Å²) >= 11 is 0. The van der Waals surface area contributed by atoms with E-state index in [0.717, 1.165) is 22.3 Å². The number of benzene rings is 3. The van der Waals surface area contributed by atoms with Crippen molar-refractivity contribution in [2.45, 2.75) is 13.8 Å². The summed E-state index contributed by atoms with van der Waals surface area (Å²) in [6, 6.07) is 25.6. The lowest BCUT2D eigenvalue weighted by atomic mass is 9.77. The van der Waals surface area contributed by atoms with Gasteiger partial charge in [-0.3, -0.25) is 0 Å². The lowest BCUT2D eigenvalue weighted by Gasteiger charge is -2.10. The first-order valence-corrected chi connectivity index (χ1v) is 7.86. The van der Waals surface area contributed by atoms with Crippen molar-refractivity contribution in [3.8, 4) is 22.3 Å². The molecular formula is C20H21BO2. The van der Waals surface area contributed by atoms with Gasteiger partial charge in [0, 0.05) is 0 Å². The third-order valence-electron chi connectivity index (χ3n) is 3.47. The Hall–Kier alpha value is -2.36. The monoisotopic (exact) mass is 304 g/mol. The molecule has 3 aromatic carbocycles. The summed E-state index contributed by atoms with van der Waals surface area (Å²) in [5.74, 6) is 0. The van der Waals surface area contributed by atoms with Crippen LogP contribution in [0, 0.1) is 0 Å². The standard InChI is InChI=1S/C18H15BO2.C2H6/c20-19(21)18-12-16(14-7-3-1-4-8-14)11-17(13-18)15-9-5-2-6-10-15;1-2/h1-13,20-21H;1-2H3. The Morgan fingerprint density at radius 2 is 0.957 bits per heavy atom. The zero-order valence-corrected chi connectivity index (χ0v) is 13.5. The summed E-state index contributed by atoms with van der Waals surface area (Å²) in [6.45, 7) is 4.00.